The first-order chi connectivity index (χ1) is 13.8. The summed E-state index contributed by atoms with van der Waals surface area (Å²) in [5.41, 5.74) is 2.67. The van der Waals surface area contributed by atoms with Crippen molar-refractivity contribution >= 4 is 35.8 Å². The third kappa shape index (κ3) is 5.52. The molecule has 0 radical (unpaired) electrons. The molecule has 6 nitrogen and oxygen atoms in total. The van der Waals surface area contributed by atoms with Crippen molar-refractivity contribution in [2.24, 2.45) is 4.99 Å². The monoisotopic (exact) mass is 507 g/mol. The average Bonchev–Trinajstić information content (AvgIpc) is 3.22. The summed E-state index contributed by atoms with van der Waals surface area (Å²) in [5.74, 6) is 3.13. The minimum absolute atomic E-state index is 0. The normalized spacial score (nSPS) is 16.1. The molecule has 4 rings (SSSR count). The molecule has 1 N–H and O–H groups in total. The van der Waals surface area contributed by atoms with Crippen molar-refractivity contribution in [2.75, 3.05) is 50.8 Å². The van der Waals surface area contributed by atoms with E-state index < -0.39 is 0 Å². The summed E-state index contributed by atoms with van der Waals surface area (Å²) in [6, 6.07) is 12.6. The minimum Gasteiger partial charge on any atom is -0.493 e. The van der Waals surface area contributed by atoms with Gasteiger partial charge in [-0.2, -0.15) is 0 Å². The number of aliphatic imine (C=N–C) groups is 1. The highest BCUT2D eigenvalue weighted by Crippen LogP contribution is 2.26. The summed E-state index contributed by atoms with van der Waals surface area (Å²) >= 11 is 0. The van der Waals surface area contributed by atoms with E-state index in [1.807, 2.05) is 18.3 Å². The van der Waals surface area contributed by atoms with E-state index in [0.29, 0.717) is 0 Å². The van der Waals surface area contributed by atoms with Gasteiger partial charge < -0.3 is 19.9 Å². The molecular weight excluding hydrogens is 477 g/mol. The third-order valence-electron chi connectivity index (χ3n) is 5.30. The van der Waals surface area contributed by atoms with E-state index >= 15 is 0 Å². The first-order valence-corrected chi connectivity index (χ1v) is 10.3. The predicted molar refractivity (Wildman–Crippen MR) is 129 cm³/mol. The average molecular weight is 507 g/mol. The smallest absolute Gasteiger partial charge is 0.194 e. The fraction of sp³-hybridized carbons (Fsp3) is 0.455. The molecule has 0 unspecified atom stereocenters. The zero-order valence-corrected chi connectivity index (χ0v) is 19.3. The van der Waals surface area contributed by atoms with Crippen molar-refractivity contribution in [1.29, 1.82) is 0 Å². The number of nitrogens with one attached hydrogen (secondary N) is 1. The molecule has 156 valence electrons. The number of pyridine rings is 1. The van der Waals surface area contributed by atoms with E-state index in [2.05, 4.69) is 51.3 Å². The first kappa shape index (κ1) is 21.7. The van der Waals surface area contributed by atoms with Crippen molar-refractivity contribution in [1.82, 2.24) is 15.2 Å². The molecule has 0 bridgehead atoms. The van der Waals surface area contributed by atoms with Crippen molar-refractivity contribution < 1.29 is 4.74 Å². The molecule has 0 spiro atoms. The lowest BCUT2D eigenvalue weighted by molar-refractivity contribution is 0.357. The van der Waals surface area contributed by atoms with Crippen LogP contribution in [0.4, 0.5) is 5.82 Å². The summed E-state index contributed by atoms with van der Waals surface area (Å²) in [6.45, 7) is 8.46. The van der Waals surface area contributed by atoms with Crippen LogP contribution in [0.1, 0.15) is 18.1 Å². The van der Waals surface area contributed by atoms with Gasteiger partial charge in [0.1, 0.15) is 11.6 Å². The maximum Gasteiger partial charge on any atom is 0.194 e. The minimum atomic E-state index is 0. The number of piperazine rings is 1. The van der Waals surface area contributed by atoms with Crippen LogP contribution in [0.3, 0.4) is 0 Å². The van der Waals surface area contributed by atoms with Gasteiger partial charge >= 0.3 is 0 Å². The Hall–Kier alpha value is -2.03. The van der Waals surface area contributed by atoms with Crippen LogP contribution in [0.25, 0.3) is 0 Å². The molecule has 0 atom stereocenters. The van der Waals surface area contributed by atoms with Gasteiger partial charge in [-0.1, -0.05) is 18.2 Å². The maximum atomic E-state index is 5.60. The van der Waals surface area contributed by atoms with Gasteiger partial charge in [0, 0.05) is 51.9 Å². The fourth-order valence-electron chi connectivity index (χ4n) is 3.80. The topological polar surface area (TPSA) is 53.0 Å². The summed E-state index contributed by atoms with van der Waals surface area (Å²) < 4.78 is 5.60. The van der Waals surface area contributed by atoms with Crippen molar-refractivity contribution in [3.8, 4) is 5.75 Å². The van der Waals surface area contributed by atoms with Gasteiger partial charge in [0.2, 0.25) is 0 Å². The number of anilines is 1. The Balaban J connectivity index is 0.00000240. The molecule has 2 aliphatic rings. The second-order valence-corrected chi connectivity index (χ2v) is 7.19. The Morgan fingerprint density at radius 2 is 2.03 bits per heavy atom. The Bertz CT molecular complexity index is 806. The lowest BCUT2D eigenvalue weighted by atomic mass is 10.1. The van der Waals surface area contributed by atoms with Crippen LogP contribution >= 0.6 is 24.0 Å². The zero-order valence-electron chi connectivity index (χ0n) is 17.0. The Morgan fingerprint density at radius 3 is 2.79 bits per heavy atom. The van der Waals surface area contributed by atoms with Gasteiger partial charge in [0.05, 0.1) is 6.61 Å². The highest BCUT2D eigenvalue weighted by atomic mass is 127. The van der Waals surface area contributed by atoms with Gasteiger partial charge in [-0.05, 0) is 42.7 Å². The number of rotatable bonds is 5. The van der Waals surface area contributed by atoms with Crippen molar-refractivity contribution in [2.45, 2.75) is 19.8 Å². The number of hydrogen-bond donors (Lipinski definition) is 1. The Morgan fingerprint density at radius 1 is 1.17 bits per heavy atom. The molecule has 0 aliphatic carbocycles. The number of hydrogen-bond acceptors (Lipinski definition) is 4. The first-order valence-electron chi connectivity index (χ1n) is 10.3. The molecule has 1 saturated heterocycles. The number of nitrogens with zero attached hydrogens (tertiary/aromatic N) is 4. The summed E-state index contributed by atoms with van der Waals surface area (Å²) in [4.78, 5) is 14.1. The van der Waals surface area contributed by atoms with Crippen molar-refractivity contribution in [3.63, 3.8) is 0 Å². The molecule has 2 aliphatic heterocycles. The zero-order chi connectivity index (χ0) is 19.2. The van der Waals surface area contributed by atoms with Crippen LogP contribution in [0.5, 0.6) is 5.75 Å². The molecule has 7 heteroatoms. The van der Waals surface area contributed by atoms with E-state index in [1.165, 1.54) is 11.1 Å². The van der Waals surface area contributed by atoms with Crippen molar-refractivity contribution in [3.05, 3.63) is 53.7 Å². The van der Waals surface area contributed by atoms with Gasteiger partial charge in [0.15, 0.2) is 5.96 Å². The molecular formula is C22H30IN5O. The molecule has 1 aromatic heterocycles. The number of aromatic nitrogens is 1. The molecule has 1 fully saturated rings. The highest BCUT2D eigenvalue weighted by molar-refractivity contribution is 14.0. The third-order valence-corrected chi connectivity index (χ3v) is 5.30. The van der Waals surface area contributed by atoms with Gasteiger partial charge in [-0.3, -0.25) is 4.99 Å². The maximum absolute atomic E-state index is 5.60. The Kier molecular flexibility index (Phi) is 7.97. The van der Waals surface area contributed by atoms with Crippen LogP contribution in [0, 0.1) is 0 Å². The second kappa shape index (κ2) is 10.7. The summed E-state index contributed by atoms with van der Waals surface area (Å²) in [7, 11) is 0. The Labute approximate surface area is 190 Å². The molecule has 3 heterocycles. The molecule has 1 aromatic carbocycles. The van der Waals surface area contributed by atoms with Crippen LogP contribution in [0.2, 0.25) is 0 Å². The van der Waals surface area contributed by atoms with E-state index in [0.717, 1.165) is 76.2 Å². The van der Waals surface area contributed by atoms with Crippen LogP contribution < -0.4 is 15.0 Å². The standard InChI is InChI=1S/C22H29N5O.HI/c1-2-23-22(25-11-8-18-6-7-20-19(17-18)9-16-28-20)27-14-12-26(13-15-27)21-5-3-4-10-24-21;/h3-7,10,17H,2,8-9,11-16H2,1H3,(H,23,25);1H. The summed E-state index contributed by atoms with van der Waals surface area (Å²) in [6.07, 6.45) is 3.84. The van der Waals surface area contributed by atoms with Gasteiger partial charge in [-0.25, -0.2) is 4.98 Å². The number of fused-ring (bicyclic) bond motifs is 1. The number of benzene rings is 1. The number of halogens is 1. The largest absolute Gasteiger partial charge is 0.493 e. The van der Waals surface area contributed by atoms with E-state index in [9.17, 15) is 0 Å². The van der Waals surface area contributed by atoms with Crippen LogP contribution in [-0.4, -0.2) is 61.7 Å². The van der Waals surface area contributed by atoms with Gasteiger partial charge in [0.25, 0.3) is 0 Å². The molecule has 29 heavy (non-hydrogen) atoms. The SMILES string of the molecule is CCNC(=NCCc1ccc2c(c1)CCO2)N1CCN(c2ccccn2)CC1.I. The number of guanidine groups is 1. The lowest BCUT2D eigenvalue weighted by Gasteiger charge is -2.37. The quantitative estimate of drug-likeness (QED) is 0.383. The molecule has 0 amide bonds. The van der Waals surface area contributed by atoms with Crippen LogP contribution in [-0.2, 0) is 12.8 Å². The number of ether oxygens (including phenoxy) is 1. The second-order valence-electron chi connectivity index (χ2n) is 7.19. The molecule has 2 aromatic rings. The molecule has 0 saturated carbocycles. The van der Waals surface area contributed by atoms with E-state index in [-0.39, 0.29) is 24.0 Å². The predicted octanol–water partition coefficient (Wildman–Crippen LogP) is 2.96. The fourth-order valence-corrected chi connectivity index (χ4v) is 3.80. The van der Waals surface area contributed by atoms with E-state index in [4.69, 9.17) is 9.73 Å². The van der Waals surface area contributed by atoms with Gasteiger partial charge in [-0.15, -0.1) is 24.0 Å². The lowest BCUT2D eigenvalue weighted by Crippen LogP contribution is -2.52. The summed E-state index contributed by atoms with van der Waals surface area (Å²) in [5, 5.41) is 3.46. The van der Waals surface area contributed by atoms with Crippen LogP contribution in [0.15, 0.2) is 47.6 Å². The highest BCUT2D eigenvalue weighted by Gasteiger charge is 2.20. The van der Waals surface area contributed by atoms with E-state index in [1.54, 1.807) is 0 Å².